The van der Waals surface area contributed by atoms with E-state index in [4.69, 9.17) is 5.11 Å². The van der Waals surface area contributed by atoms with Crippen LogP contribution in [-0.2, 0) is 4.79 Å². The first-order valence-corrected chi connectivity index (χ1v) is 1.74. The number of rotatable bonds is 2. The van der Waals surface area contributed by atoms with Gasteiger partial charge in [-0.2, -0.15) is 0 Å². The Balaban J connectivity index is 2.96. The van der Waals surface area contributed by atoms with Gasteiger partial charge < -0.3 is 9.90 Å². The van der Waals surface area contributed by atoms with E-state index >= 15 is 0 Å². The van der Waals surface area contributed by atoms with Crippen molar-refractivity contribution >= 4 is 6.29 Å². The molecule has 2 heteroatoms. The second-order valence-electron chi connectivity index (χ2n) is 1.14. The fourth-order valence-electron chi connectivity index (χ4n) is 0.0351. The van der Waals surface area contributed by atoms with Crippen LogP contribution >= 0.6 is 0 Å². The third kappa shape index (κ3) is 1.91. The predicted molar refractivity (Wildman–Crippen MR) is 21.5 cm³/mol. The molecule has 0 aromatic carbocycles. The Labute approximate surface area is 36.8 Å². The fourth-order valence-corrected chi connectivity index (χ4v) is 0.0351. The third-order valence-electron chi connectivity index (χ3n) is 0.450. The van der Waals surface area contributed by atoms with Gasteiger partial charge in [0, 0.05) is 5.92 Å². The van der Waals surface area contributed by atoms with E-state index in [2.05, 4.69) is 0 Å². The molecule has 0 aromatic rings. The van der Waals surface area contributed by atoms with Crippen molar-refractivity contribution in [3.63, 3.8) is 0 Å². The summed E-state index contributed by atoms with van der Waals surface area (Å²) in [6, 6.07) is 0. The summed E-state index contributed by atoms with van der Waals surface area (Å²) in [7, 11) is 0. The molecule has 1 N–H and O–H groups in total. The Morgan fingerprint density at radius 1 is 1.83 bits per heavy atom. The first kappa shape index (κ1) is 5.63. The van der Waals surface area contributed by atoms with E-state index in [0.717, 1.165) is 6.61 Å². The van der Waals surface area contributed by atoms with Gasteiger partial charge in [0.2, 0.25) is 0 Å². The average molecular weight is 87.1 g/mol. The SMILES string of the molecule is CC([CH]O)C=O. The van der Waals surface area contributed by atoms with E-state index < -0.39 is 0 Å². The van der Waals surface area contributed by atoms with Crippen LogP contribution in [0.1, 0.15) is 6.92 Å². The van der Waals surface area contributed by atoms with Crippen LogP contribution in [-0.4, -0.2) is 11.4 Å². The Kier molecular flexibility index (Phi) is 2.67. The van der Waals surface area contributed by atoms with Crippen molar-refractivity contribution in [3.05, 3.63) is 6.61 Å². The predicted octanol–water partition coefficient (Wildman–Crippen LogP) is 0.356. The molecule has 0 aliphatic rings. The number of aliphatic hydroxyl groups excluding tert-OH is 1. The molecule has 0 saturated carbocycles. The fraction of sp³-hybridized carbons (Fsp3) is 0.500. The molecule has 0 amide bonds. The summed E-state index contributed by atoms with van der Waals surface area (Å²) in [6.07, 6.45) is 0.667. The van der Waals surface area contributed by atoms with Crippen molar-refractivity contribution in [1.29, 1.82) is 0 Å². The van der Waals surface area contributed by atoms with Crippen molar-refractivity contribution in [2.45, 2.75) is 6.92 Å². The molecule has 0 rings (SSSR count). The summed E-state index contributed by atoms with van der Waals surface area (Å²) < 4.78 is 0. The monoisotopic (exact) mass is 87.0 g/mol. The first-order chi connectivity index (χ1) is 2.81. The highest BCUT2D eigenvalue weighted by Gasteiger charge is 1.91. The van der Waals surface area contributed by atoms with E-state index in [9.17, 15) is 4.79 Å². The Morgan fingerprint density at radius 2 is 2.33 bits per heavy atom. The molecule has 0 aliphatic heterocycles. The van der Waals surface area contributed by atoms with Crippen LogP contribution < -0.4 is 0 Å². The summed E-state index contributed by atoms with van der Waals surface area (Å²) in [5, 5.41) is 7.98. The van der Waals surface area contributed by atoms with Gasteiger partial charge in [-0.05, 0) is 0 Å². The number of hydrogen-bond acceptors (Lipinski definition) is 2. The highest BCUT2D eigenvalue weighted by atomic mass is 16.3. The molecule has 0 aromatic heterocycles. The lowest BCUT2D eigenvalue weighted by Crippen LogP contribution is -1.93. The molecule has 1 radical (unpaired) electrons. The molecule has 0 aliphatic carbocycles. The van der Waals surface area contributed by atoms with Crippen LogP contribution in [0.25, 0.3) is 0 Å². The van der Waals surface area contributed by atoms with Crippen molar-refractivity contribution in [3.8, 4) is 0 Å². The third-order valence-corrected chi connectivity index (χ3v) is 0.450. The van der Waals surface area contributed by atoms with E-state index in [1.807, 2.05) is 0 Å². The topological polar surface area (TPSA) is 37.3 Å². The van der Waals surface area contributed by atoms with Gasteiger partial charge in [-0.15, -0.1) is 0 Å². The second kappa shape index (κ2) is 2.85. The maximum absolute atomic E-state index is 9.54. The zero-order valence-corrected chi connectivity index (χ0v) is 3.59. The van der Waals surface area contributed by atoms with E-state index in [0.29, 0.717) is 6.29 Å². The number of carbonyl (C=O) groups excluding carboxylic acids is 1. The molecule has 0 bridgehead atoms. The van der Waals surface area contributed by atoms with E-state index in [-0.39, 0.29) is 5.92 Å². The summed E-state index contributed by atoms with van der Waals surface area (Å²) in [5.74, 6) is -0.315. The minimum absolute atomic E-state index is 0.315. The highest BCUT2D eigenvalue weighted by molar-refractivity contribution is 5.53. The van der Waals surface area contributed by atoms with Gasteiger partial charge in [-0.25, -0.2) is 0 Å². The molecule has 6 heavy (non-hydrogen) atoms. The number of aldehydes is 1. The molecule has 1 atom stereocenters. The average Bonchev–Trinajstić information content (AvgIpc) is 1.65. The maximum atomic E-state index is 9.54. The van der Waals surface area contributed by atoms with Crippen LogP contribution in [0.4, 0.5) is 0 Å². The molecular formula is C4H7O2. The summed E-state index contributed by atoms with van der Waals surface area (Å²) >= 11 is 0. The van der Waals surface area contributed by atoms with Gasteiger partial charge in [0.25, 0.3) is 0 Å². The molecule has 0 spiro atoms. The van der Waals surface area contributed by atoms with Gasteiger partial charge in [-0.1, -0.05) is 6.92 Å². The minimum atomic E-state index is -0.315. The standard InChI is InChI=1S/C4H7O2/c1-4(2-5)3-6/h2-5H,1H3. The lowest BCUT2D eigenvalue weighted by Gasteiger charge is -1.88. The zero-order valence-electron chi connectivity index (χ0n) is 3.59. The summed E-state index contributed by atoms with van der Waals surface area (Å²) in [4.78, 5) is 9.54. The second-order valence-corrected chi connectivity index (χ2v) is 1.14. The Hall–Kier alpha value is -0.370. The minimum Gasteiger partial charge on any atom is -0.390 e. The van der Waals surface area contributed by atoms with Crippen LogP contribution in [0, 0.1) is 12.5 Å². The largest absolute Gasteiger partial charge is 0.390 e. The summed E-state index contributed by atoms with van der Waals surface area (Å²) in [6.45, 7) is 2.46. The quantitative estimate of drug-likeness (QED) is 0.493. The molecule has 0 heterocycles. The summed E-state index contributed by atoms with van der Waals surface area (Å²) in [5.41, 5.74) is 0. The van der Waals surface area contributed by atoms with Crippen molar-refractivity contribution in [2.24, 2.45) is 5.92 Å². The Bertz CT molecular complexity index is 42.8. The highest BCUT2D eigenvalue weighted by Crippen LogP contribution is 1.87. The number of hydrogen-bond donors (Lipinski definition) is 1. The molecule has 35 valence electrons. The number of aliphatic hydroxyl groups is 1. The van der Waals surface area contributed by atoms with Gasteiger partial charge >= 0.3 is 0 Å². The van der Waals surface area contributed by atoms with Crippen LogP contribution in [0.15, 0.2) is 0 Å². The van der Waals surface area contributed by atoms with Gasteiger partial charge in [0.1, 0.15) is 6.29 Å². The lowest BCUT2D eigenvalue weighted by molar-refractivity contribution is -0.110. The van der Waals surface area contributed by atoms with E-state index in [1.54, 1.807) is 6.92 Å². The number of carbonyl (C=O) groups is 1. The smallest absolute Gasteiger partial charge is 0.125 e. The molecule has 2 nitrogen and oxygen atoms in total. The van der Waals surface area contributed by atoms with Crippen LogP contribution in [0.5, 0.6) is 0 Å². The van der Waals surface area contributed by atoms with Crippen molar-refractivity contribution in [1.82, 2.24) is 0 Å². The van der Waals surface area contributed by atoms with Gasteiger partial charge in [0.05, 0.1) is 6.61 Å². The van der Waals surface area contributed by atoms with Crippen LogP contribution in [0.2, 0.25) is 0 Å². The molecule has 0 fully saturated rings. The van der Waals surface area contributed by atoms with Crippen molar-refractivity contribution < 1.29 is 9.90 Å². The van der Waals surface area contributed by atoms with Crippen molar-refractivity contribution in [2.75, 3.05) is 0 Å². The maximum Gasteiger partial charge on any atom is 0.125 e. The zero-order chi connectivity index (χ0) is 4.99. The lowest BCUT2D eigenvalue weighted by atomic mass is 10.2. The molecular weight excluding hydrogens is 80.0 g/mol. The normalized spacial score (nSPS) is 13.7. The Morgan fingerprint density at radius 3 is 2.33 bits per heavy atom. The first-order valence-electron chi connectivity index (χ1n) is 1.74. The van der Waals surface area contributed by atoms with Crippen LogP contribution in [0.3, 0.4) is 0 Å². The van der Waals surface area contributed by atoms with Gasteiger partial charge in [0.15, 0.2) is 0 Å². The van der Waals surface area contributed by atoms with Gasteiger partial charge in [-0.3, -0.25) is 0 Å². The molecule has 0 saturated heterocycles. The molecule has 1 unspecified atom stereocenters. The van der Waals surface area contributed by atoms with E-state index in [1.165, 1.54) is 0 Å².